The molecule has 0 saturated heterocycles. The lowest BCUT2D eigenvalue weighted by atomic mass is 10.1. The van der Waals surface area contributed by atoms with Crippen LogP contribution in [0.25, 0.3) is 11.3 Å². The Morgan fingerprint density at radius 3 is 2.50 bits per heavy atom. The van der Waals surface area contributed by atoms with Gasteiger partial charge >= 0.3 is 12.1 Å². The number of hydrogen-bond donors (Lipinski definition) is 1. The molecule has 2 rings (SSSR count). The van der Waals surface area contributed by atoms with Gasteiger partial charge in [0.25, 0.3) is 5.91 Å². The zero-order chi connectivity index (χ0) is 17.7. The van der Waals surface area contributed by atoms with Gasteiger partial charge < -0.3 is 10.1 Å². The first-order chi connectivity index (χ1) is 11.3. The SMILES string of the molecule is COC(=O)c1nc(-c2ccc(C(=O)NCCC(F)(F)F)cc2)cs1. The summed E-state index contributed by atoms with van der Waals surface area (Å²) in [4.78, 5) is 27.2. The summed E-state index contributed by atoms with van der Waals surface area (Å²) in [6, 6.07) is 6.18. The number of methoxy groups -OCH3 is 1. The van der Waals surface area contributed by atoms with Crippen molar-refractivity contribution in [3.8, 4) is 11.3 Å². The van der Waals surface area contributed by atoms with Crippen molar-refractivity contribution < 1.29 is 27.5 Å². The maximum Gasteiger partial charge on any atom is 0.390 e. The highest BCUT2D eigenvalue weighted by Crippen LogP contribution is 2.23. The van der Waals surface area contributed by atoms with Crippen LogP contribution in [0, 0.1) is 0 Å². The first-order valence-electron chi connectivity index (χ1n) is 6.79. The smallest absolute Gasteiger partial charge is 0.390 e. The van der Waals surface area contributed by atoms with E-state index in [1.54, 1.807) is 17.5 Å². The van der Waals surface area contributed by atoms with Crippen molar-refractivity contribution in [3.05, 3.63) is 40.2 Å². The molecule has 1 aromatic carbocycles. The maximum absolute atomic E-state index is 12.0. The standard InChI is InChI=1S/C15H13F3N2O3S/c1-23-14(22)13-20-11(8-24-13)9-2-4-10(5-3-9)12(21)19-7-6-15(16,17)18/h2-5,8H,6-7H2,1H3,(H,19,21). The number of halogens is 3. The molecular formula is C15H13F3N2O3S. The topological polar surface area (TPSA) is 68.3 Å². The van der Waals surface area contributed by atoms with Gasteiger partial charge in [0.2, 0.25) is 5.01 Å². The van der Waals surface area contributed by atoms with Crippen LogP contribution in [0.5, 0.6) is 0 Å². The van der Waals surface area contributed by atoms with Crippen molar-refractivity contribution in [2.24, 2.45) is 0 Å². The summed E-state index contributed by atoms with van der Waals surface area (Å²) in [5.41, 5.74) is 1.46. The number of aromatic nitrogens is 1. The molecule has 0 fully saturated rings. The third kappa shape index (κ3) is 4.79. The van der Waals surface area contributed by atoms with Crippen LogP contribution < -0.4 is 5.32 Å². The lowest BCUT2D eigenvalue weighted by Crippen LogP contribution is -2.27. The van der Waals surface area contributed by atoms with Crippen molar-refractivity contribution in [2.75, 3.05) is 13.7 Å². The molecule has 0 bridgehead atoms. The van der Waals surface area contributed by atoms with E-state index < -0.39 is 31.0 Å². The number of nitrogens with zero attached hydrogens (tertiary/aromatic N) is 1. The Balaban J connectivity index is 2.01. The molecule has 24 heavy (non-hydrogen) atoms. The summed E-state index contributed by atoms with van der Waals surface area (Å²) in [7, 11) is 1.26. The largest absolute Gasteiger partial charge is 0.464 e. The second kappa shape index (κ2) is 7.43. The van der Waals surface area contributed by atoms with E-state index in [0.29, 0.717) is 11.3 Å². The molecule has 0 unspecified atom stereocenters. The van der Waals surface area contributed by atoms with Crippen molar-refractivity contribution in [1.29, 1.82) is 0 Å². The molecular weight excluding hydrogens is 345 g/mol. The van der Waals surface area contributed by atoms with Gasteiger partial charge in [-0.1, -0.05) is 12.1 Å². The Kier molecular flexibility index (Phi) is 5.55. The fourth-order valence-electron chi connectivity index (χ4n) is 1.80. The predicted molar refractivity (Wildman–Crippen MR) is 81.9 cm³/mol. The number of amides is 1. The average molecular weight is 358 g/mol. The Morgan fingerprint density at radius 1 is 1.25 bits per heavy atom. The van der Waals surface area contributed by atoms with E-state index in [4.69, 9.17) is 0 Å². The van der Waals surface area contributed by atoms with Crippen LogP contribution >= 0.6 is 11.3 Å². The zero-order valence-electron chi connectivity index (χ0n) is 12.5. The normalized spacial score (nSPS) is 11.2. The van der Waals surface area contributed by atoms with Crippen molar-refractivity contribution in [1.82, 2.24) is 10.3 Å². The average Bonchev–Trinajstić information content (AvgIpc) is 3.03. The molecule has 0 aliphatic heterocycles. The van der Waals surface area contributed by atoms with Gasteiger partial charge in [-0.3, -0.25) is 4.79 Å². The van der Waals surface area contributed by atoms with Crippen molar-refractivity contribution >= 4 is 23.2 Å². The summed E-state index contributed by atoms with van der Waals surface area (Å²) in [6.45, 7) is -0.474. The van der Waals surface area contributed by atoms with Crippen LogP contribution in [0.4, 0.5) is 13.2 Å². The Hall–Kier alpha value is -2.42. The van der Waals surface area contributed by atoms with Crippen LogP contribution in [0.2, 0.25) is 0 Å². The minimum atomic E-state index is -4.31. The molecule has 1 aromatic heterocycles. The van der Waals surface area contributed by atoms with E-state index in [-0.39, 0.29) is 10.6 Å². The van der Waals surface area contributed by atoms with Crippen LogP contribution in [0.3, 0.4) is 0 Å². The second-order valence-electron chi connectivity index (χ2n) is 4.73. The first kappa shape index (κ1) is 17.9. The number of nitrogens with one attached hydrogen (secondary N) is 1. The van der Waals surface area contributed by atoms with Crippen LogP contribution in [0.1, 0.15) is 26.6 Å². The molecule has 0 aliphatic carbocycles. The van der Waals surface area contributed by atoms with E-state index in [1.807, 2.05) is 0 Å². The lowest BCUT2D eigenvalue weighted by molar-refractivity contribution is -0.132. The number of rotatable bonds is 5. The minimum absolute atomic E-state index is 0.210. The molecule has 1 amide bonds. The van der Waals surface area contributed by atoms with Gasteiger partial charge in [-0.15, -0.1) is 11.3 Å². The highest BCUT2D eigenvalue weighted by atomic mass is 32.1. The molecule has 0 saturated carbocycles. The van der Waals surface area contributed by atoms with Crippen molar-refractivity contribution in [3.63, 3.8) is 0 Å². The fraction of sp³-hybridized carbons (Fsp3) is 0.267. The number of hydrogen-bond acceptors (Lipinski definition) is 5. The van der Waals surface area contributed by atoms with E-state index in [2.05, 4.69) is 15.0 Å². The van der Waals surface area contributed by atoms with E-state index in [9.17, 15) is 22.8 Å². The van der Waals surface area contributed by atoms with Gasteiger partial charge in [0, 0.05) is 23.1 Å². The van der Waals surface area contributed by atoms with Gasteiger partial charge in [0.1, 0.15) is 0 Å². The first-order valence-corrected chi connectivity index (χ1v) is 7.67. The van der Waals surface area contributed by atoms with Gasteiger partial charge in [0.05, 0.1) is 19.2 Å². The van der Waals surface area contributed by atoms with Gasteiger partial charge in [-0.2, -0.15) is 13.2 Å². The van der Waals surface area contributed by atoms with E-state index in [1.165, 1.54) is 19.2 Å². The number of thiazole rings is 1. The fourth-order valence-corrected chi connectivity index (χ4v) is 2.54. The summed E-state index contributed by atoms with van der Waals surface area (Å²) in [5.74, 6) is -1.12. The number of alkyl halides is 3. The summed E-state index contributed by atoms with van der Waals surface area (Å²) >= 11 is 1.13. The van der Waals surface area contributed by atoms with Gasteiger partial charge in [-0.05, 0) is 12.1 Å². The number of benzene rings is 1. The summed E-state index contributed by atoms with van der Waals surface area (Å²) in [6.07, 6.45) is -5.38. The molecule has 5 nitrogen and oxygen atoms in total. The third-order valence-electron chi connectivity index (χ3n) is 3.00. The van der Waals surface area contributed by atoms with Crippen LogP contribution in [0.15, 0.2) is 29.6 Å². The molecule has 0 aliphatic rings. The summed E-state index contributed by atoms with van der Waals surface area (Å²) in [5, 5.41) is 4.09. The molecule has 1 N–H and O–H groups in total. The number of esters is 1. The molecule has 2 aromatic rings. The molecule has 1 heterocycles. The van der Waals surface area contributed by atoms with Crippen LogP contribution in [-0.4, -0.2) is 36.7 Å². The minimum Gasteiger partial charge on any atom is -0.464 e. The molecule has 9 heteroatoms. The quantitative estimate of drug-likeness (QED) is 0.833. The van der Waals surface area contributed by atoms with E-state index >= 15 is 0 Å². The molecule has 0 spiro atoms. The number of carbonyl (C=O) groups is 2. The number of ether oxygens (including phenoxy) is 1. The lowest BCUT2D eigenvalue weighted by Gasteiger charge is -2.08. The second-order valence-corrected chi connectivity index (χ2v) is 5.59. The highest BCUT2D eigenvalue weighted by Gasteiger charge is 2.26. The Labute approximate surface area is 139 Å². The Morgan fingerprint density at radius 2 is 1.92 bits per heavy atom. The maximum atomic E-state index is 12.0. The highest BCUT2D eigenvalue weighted by molar-refractivity contribution is 7.11. The molecule has 0 radical (unpaired) electrons. The van der Waals surface area contributed by atoms with E-state index in [0.717, 1.165) is 11.3 Å². The monoisotopic (exact) mass is 358 g/mol. The number of carbonyl (C=O) groups excluding carboxylic acids is 2. The van der Waals surface area contributed by atoms with Gasteiger partial charge in [0.15, 0.2) is 0 Å². The predicted octanol–water partition coefficient (Wildman–Crippen LogP) is 3.28. The summed E-state index contributed by atoms with van der Waals surface area (Å²) < 4.78 is 40.7. The zero-order valence-corrected chi connectivity index (χ0v) is 13.3. The molecule has 128 valence electrons. The van der Waals surface area contributed by atoms with Crippen LogP contribution in [-0.2, 0) is 4.74 Å². The molecule has 0 atom stereocenters. The third-order valence-corrected chi connectivity index (χ3v) is 3.82. The van der Waals surface area contributed by atoms with Crippen molar-refractivity contribution in [2.45, 2.75) is 12.6 Å². The Bertz CT molecular complexity index is 726. The van der Waals surface area contributed by atoms with Gasteiger partial charge in [-0.25, -0.2) is 9.78 Å².